The van der Waals surface area contributed by atoms with Crippen molar-refractivity contribution in [1.29, 1.82) is 0 Å². The van der Waals surface area contributed by atoms with Crippen molar-refractivity contribution in [3.05, 3.63) is 118 Å². The normalized spacial score (nSPS) is 16.8. The van der Waals surface area contributed by atoms with Crippen LogP contribution >= 0.6 is 0 Å². The van der Waals surface area contributed by atoms with E-state index in [1.165, 1.54) is 6.33 Å². The number of carbonyl (C=O) groups excluding carboxylic acids is 2. The topological polar surface area (TPSA) is 170 Å². The van der Waals surface area contributed by atoms with Crippen LogP contribution in [0.15, 0.2) is 90.0 Å². The fraction of sp³-hybridized carbons (Fsp3) is 0.342. The number of amides is 2. The SMILES string of the molecule is CNC(=O)CCCCC(=O)Nc1nc2c(ncn2[C@H]2CC[C@@H](COC(c3ccccc3)(c3ccc(CO)cc3)c3ccc(OC)cc3)O2)c(=O)[nH]1. The summed E-state index contributed by atoms with van der Waals surface area (Å²) in [7, 11) is 3.20. The second-order valence-corrected chi connectivity index (χ2v) is 12.4. The molecule has 6 rings (SSSR count). The maximum atomic E-state index is 12.9. The number of rotatable bonds is 15. The molecule has 1 fully saturated rings. The maximum absolute atomic E-state index is 12.9. The third-order valence-corrected chi connectivity index (χ3v) is 9.13. The first-order chi connectivity index (χ1) is 24.8. The van der Waals surface area contributed by atoms with Gasteiger partial charge in [0.2, 0.25) is 17.8 Å². The lowest BCUT2D eigenvalue weighted by Gasteiger charge is -2.37. The van der Waals surface area contributed by atoms with E-state index in [0.29, 0.717) is 37.8 Å². The van der Waals surface area contributed by atoms with Gasteiger partial charge in [-0.3, -0.25) is 29.3 Å². The molecule has 13 nitrogen and oxygen atoms in total. The summed E-state index contributed by atoms with van der Waals surface area (Å²) in [4.78, 5) is 48.3. The molecule has 4 N–H and O–H groups in total. The number of hydrogen-bond donors (Lipinski definition) is 4. The Kier molecular flexibility index (Phi) is 11.2. The monoisotopic (exact) mass is 694 g/mol. The highest BCUT2D eigenvalue weighted by molar-refractivity contribution is 5.89. The van der Waals surface area contributed by atoms with Crippen LogP contribution in [-0.4, -0.2) is 63.3 Å². The van der Waals surface area contributed by atoms with Gasteiger partial charge in [0, 0.05) is 19.9 Å². The lowest BCUT2D eigenvalue weighted by atomic mass is 9.79. The number of methoxy groups -OCH3 is 1. The van der Waals surface area contributed by atoms with Crippen molar-refractivity contribution in [3.63, 3.8) is 0 Å². The fourth-order valence-corrected chi connectivity index (χ4v) is 6.41. The molecule has 2 amide bonds. The summed E-state index contributed by atoms with van der Waals surface area (Å²) >= 11 is 0. The standard InChI is InChI=1S/C38H42N6O7/c1-39-31(46)10-6-7-11-32(47)41-37-42-35-34(36(48)43-37)40-24-44(35)33-21-20-30(51-33)23-50-38(26-8-4-3-5-9-26,27-14-12-25(22-45)13-15-27)28-16-18-29(49-2)19-17-28/h3-5,8-9,12-19,24,30,33,45H,6-7,10-11,20-23H2,1-2H3,(H,39,46)(H2,41,42,43,47,48)/t30-,33+,38?/m0/s1. The molecule has 0 bridgehead atoms. The van der Waals surface area contributed by atoms with E-state index < -0.39 is 17.4 Å². The molecule has 0 spiro atoms. The Morgan fingerprint density at radius 3 is 2.29 bits per heavy atom. The molecule has 1 saturated heterocycles. The van der Waals surface area contributed by atoms with Crippen LogP contribution < -0.4 is 20.9 Å². The predicted octanol–water partition coefficient (Wildman–Crippen LogP) is 4.55. The van der Waals surface area contributed by atoms with E-state index in [1.807, 2.05) is 78.9 Å². The van der Waals surface area contributed by atoms with Gasteiger partial charge in [-0.05, 0) is 60.1 Å². The van der Waals surface area contributed by atoms with Gasteiger partial charge >= 0.3 is 0 Å². The molecule has 0 aliphatic carbocycles. The van der Waals surface area contributed by atoms with Crippen molar-refractivity contribution >= 4 is 28.9 Å². The number of unbranched alkanes of at least 4 members (excludes halogenated alkanes) is 1. The first kappa shape index (κ1) is 35.5. The van der Waals surface area contributed by atoms with Crippen LogP contribution in [0.25, 0.3) is 11.2 Å². The molecule has 0 saturated carbocycles. The minimum Gasteiger partial charge on any atom is -0.497 e. The lowest BCUT2D eigenvalue weighted by molar-refractivity contribution is -0.121. The number of nitrogens with zero attached hydrogens (tertiary/aromatic N) is 3. The first-order valence-corrected chi connectivity index (χ1v) is 17.0. The van der Waals surface area contributed by atoms with Crippen molar-refractivity contribution in [1.82, 2.24) is 24.8 Å². The zero-order valence-electron chi connectivity index (χ0n) is 28.6. The Balaban J connectivity index is 1.22. The van der Waals surface area contributed by atoms with Gasteiger partial charge in [0.1, 0.15) is 17.6 Å². The fourth-order valence-electron chi connectivity index (χ4n) is 6.41. The minimum atomic E-state index is -1.02. The predicted molar refractivity (Wildman–Crippen MR) is 190 cm³/mol. The smallest absolute Gasteiger partial charge is 0.280 e. The molecule has 2 aromatic heterocycles. The third-order valence-electron chi connectivity index (χ3n) is 9.13. The molecule has 5 aromatic rings. The van der Waals surface area contributed by atoms with E-state index in [4.69, 9.17) is 14.2 Å². The van der Waals surface area contributed by atoms with E-state index in [0.717, 1.165) is 28.0 Å². The number of ether oxygens (including phenoxy) is 3. The van der Waals surface area contributed by atoms with Crippen molar-refractivity contribution < 1.29 is 28.9 Å². The highest BCUT2D eigenvalue weighted by atomic mass is 16.6. The van der Waals surface area contributed by atoms with Crippen LogP contribution in [0.4, 0.5) is 5.95 Å². The zero-order chi connectivity index (χ0) is 35.8. The van der Waals surface area contributed by atoms with Crippen LogP contribution in [0.2, 0.25) is 0 Å². The molecule has 266 valence electrons. The summed E-state index contributed by atoms with van der Waals surface area (Å²) < 4.78 is 20.7. The average Bonchev–Trinajstić information content (AvgIpc) is 3.82. The highest BCUT2D eigenvalue weighted by Gasteiger charge is 2.40. The van der Waals surface area contributed by atoms with Gasteiger partial charge < -0.3 is 24.6 Å². The number of hydrogen-bond acceptors (Lipinski definition) is 9. The van der Waals surface area contributed by atoms with Gasteiger partial charge in [-0.25, -0.2) is 4.98 Å². The molecule has 13 heteroatoms. The second kappa shape index (κ2) is 16.1. The largest absolute Gasteiger partial charge is 0.497 e. The summed E-state index contributed by atoms with van der Waals surface area (Å²) in [5, 5.41) is 15.0. The Morgan fingerprint density at radius 1 is 0.961 bits per heavy atom. The number of aromatic amines is 1. The Hall–Kier alpha value is -5.37. The molecule has 3 atom stereocenters. The van der Waals surface area contributed by atoms with Crippen molar-refractivity contribution in [2.45, 2.75) is 63.1 Å². The second-order valence-electron chi connectivity index (χ2n) is 12.4. The van der Waals surface area contributed by atoms with Crippen LogP contribution in [0.1, 0.15) is 67.0 Å². The molecule has 1 aliphatic heterocycles. The number of aliphatic hydroxyl groups is 1. The van der Waals surface area contributed by atoms with Gasteiger partial charge in [-0.1, -0.05) is 66.7 Å². The van der Waals surface area contributed by atoms with Crippen LogP contribution in [0.3, 0.4) is 0 Å². The highest BCUT2D eigenvalue weighted by Crippen LogP contribution is 2.42. The van der Waals surface area contributed by atoms with E-state index in [2.05, 4.69) is 25.6 Å². The Bertz CT molecular complexity index is 1950. The van der Waals surface area contributed by atoms with Gasteiger partial charge in [-0.15, -0.1) is 0 Å². The molecule has 1 unspecified atom stereocenters. The van der Waals surface area contributed by atoms with Gasteiger partial charge in [-0.2, -0.15) is 4.98 Å². The molecular formula is C38H42N6O7. The van der Waals surface area contributed by atoms with E-state index in [-0.39, 0.29) is 49.0 Å². The number of imidazole rings is 1. The molecule has 1 aliphatic rings. The van der Waals surface area contributed by atoms with Crippen molar-refractivity contribution in [2.75, 3.05) is 26.1 Å². The average molecular weight is 695 g/mol. The zero-order valence-corrected chi connectivity index (χ0v) is 28.6. The summed E-state index contributed by atoms with van der Waals surface area (Å²) in [5.74, 6) is 0.339. The molecule has 0 radical (unpaired) electrons. The Morgan fingerprint density at radius 2 is 1.63 bits per heavy atom. The summed E-state index contributed by atoms with van der Waals surface area (Å²) in [6.45, 7) is 0.165. The van der Waals surface area contributed by atoms with Gasteiger partial charge in [0.25, 0.3) is 5.56 Å². The number of nitrogens with one attached hydrogen (secondary N) is 3. The molecule has 3 heterocycles. The number of aliphatic hydroxyl groups excluding tert-OH is 1. The quantitative estimate of drug-likeness (QED) is 0.0907. The van der Waals surface area contributed by atoms with E-state index >= 15 is 0 Å². The van der Waals surface area contributed by atoms with Crippen LogP contribution in [0.5, 0.6) is 5.75 Å². The van der Waals surface area contributed by atoms with E-state index in [9.17, 15) is 19.5 Å². The Labute approximate surface area is 295 Å². The minimum absolute atomic E-state index is 0.0165. The summed E-state index contributed by atoms with van der Waals surface area (Å²) in [6, 6.07) is 25.5. The van der Waals surface area contributed by atoms with Crippen molar-refractivity contribution in [2.24, 2.45) is 0 Å². The summed E-state index contributed by atoms with van der Waals surface area (Å²) in [6.07, 6.45) is 3.64. The lowest BCUT2D eigenvalue weighted by Crippen LogP contribution is -2.35. The van der Waals surface area contributed by atoms with Crippen LogP contribution in [-0.2, 0) is 31.3 Å². The molecular weight excluding hydrogens is 652 g/mol. The van der Waals surface area contributed by atoms with Gasteiger partial charge in [0.05, 0.1) is 32.8 Å². The number of benzene rings is 3. The molecule has 51 heavy (non-hydrogen) atoms. The van der Waals surface area contributed by atoms with Gasteiger partial charge in [0.15, 0.2) is 11.2 Å². The number of anilines is 1. The first-order valence-electron chi connectivity index (χ1n) is 17.0. The number of carbonyl (C=O) groups is 2. The van der Waals surface area contributed by atoms with Crippen molar-refractivity contribution in [3.8, 4) is 5.75 Å². The number of aromatic nitrogens is 4. The third kappa shape index (κ3) is 7.85. The maximum Gasteiger partial charge on any atom is 0.280 e. The van der Waals surface area contributed by atoms with Crippen LogP contribution in [0, 0.1) is 0 Å². The number of fused-ring (bicyclic) bond motifs is 1. The summed E-state index contributed by atoms with van der Waals surface area (Å²) in [5.41, 5.74) is 2.42. The number of H-pyrrole nitrogens is 1. The van der Waals surface area contributed by atoms with E-state index in [1.54, 1.807) is 18.7 Å². The molecule has 3 aromatic carbocycles.